The molecule has 2 amide bonds. The average molecular weight is 269 g/mol. The molecule has 1 atom stereocenters. The van der Waals surface area contributed by atoms with E-state index in [1.54, 1.807) is 0 Å². The van der Waals surface area contributed by atoms with Crippen LogP contribution in [0.25, 0.3) is 0 Å². The van der Waals surface area contributed by atoms with Gasteiger partial charge in [0.05, 0.1) is 0 Å². The molecular formula is C14H27N3O2. The number of carbonyl (C=O) groups is 2. The van der Waals surface area contributed by atoms with E-state index >= 15 is 0 Å². The Labute approximate surface area is 115 Å². The summed E-state index contributed by atoms with van der Waals surface area (Å²) in [4.78, 5) is 23.3. The van der Waals surface area contributed by atoms with Gasteiger partial charge in [0.2, 0.25) is 11.8 Å². The molecule has 0 aliphatic heterocycles. The third-order valence-corrected chi connectivity index (χ3v) is 3.58. The van der Waals surface area contributed by atoms with E-state index in [0.29, 0.717) is 25.6 Å². The smallest absolute Gasteiger partial charge is 0.224 e. The zero-order valence-corrected chi connectivity index (χ0v) is 12.1. The van der Waals surface area contributed by atoms with Gasteiger partial charge in [-0.15, -0.1) is 0 Å². The second kappa shape index (κ2) is 8.91. The molecular weight excluding hydrogens is 242 g/mol. The summed E-state index contributed by atoms with van der Waals surface area (Å²) < 4.78 is 0. The van der Waals surface area contributed by atoms with E-state index in [4.69, 9.17) is 0 Å². The summed E-state index contributed by atoms with van der Waals surface area (Å²) in [6, 6.07) is 0.347. The highest BCUT2D eigenvalue weighted by atomic mass is 16.2. The van der Waals surface area contributed by atoms with Gasteiger partial charge in [0.1, 0.15) is 0 Å². The van der Waals surface area contributed by atoms with Crippen molar-refractivity contribution in [3.63, 3.8) is 0 Å². The maximum absolute atomic E-state index is 11.7. The van der Waals surface area contributed by atoms with Gasteiger partial charge in [-0.2, -0.15) is 0 Å². The molecule has 0 heterocycles. The second-order valence-electron chi connectivity index (χ2n) is 5.40. The van der Waals surface area contributed by atoms with Crippen LogP contribution in [0.3, 0.4) is 0 Å². The Morgan fingerprint density at radius 3 is 2.53 bits per heavy atom. The van der Waals surface area contributed by atoms with E-state index in [2.05, 4.69) is 16.0 Å². The van der Waals surface area contributed by atoms with Crippen molar-refractivity contribution in [2.45, 2.75) is 51.5 Å². The highest BCUT2D eigenvalue weighted by Crippen LogP contribution is 2.17. The third kappa shape index (κ3) is 6.57. The van der Waals surface area contributed by atoms with Gasteiger partial charge in [0.15, 0.2) is 0 Å². The SMILES string of the molecule is CNCC(C)C(=O)NCCC(=O)NC1CCCCC1. The molecule has 110 valence electrons. The van der Waals surface area contributed by atoms with Crippen LogP contribution in [-0.2, 0) is 9.59 Å². The molecule has 0 aromatic carbocycles. The van der Waals surface area contributed by atoms with Crippen molar-refractivity contribution in [3.05, 3.63) is 0 Å². The van der Waals surface area contributed by atoms with Crippen LogP contribution in [0.15, 0.2) is 0 Å². The fraction of sp³-hybridized carbons (Fsp3) is 0.857. The predicted octanol–water partition coefficient (Wildman–Crippen LogP) is 0.797. The van der Waals surface area contributed by atoms with Crippen LogP contribution >= 0.6 is 0 Å². The molecule has 5 nitrogen and oxygen atoms in total. The fourth-order valence-electron chi connectivity index (χ4n) is 2.42. The largest absolute Gasteiger partial charge is 0.355 e. The molecule has 0 bridgehead atoms. The Kier molecular flexibility index (Phi) is 7.48. The van der Waals surface area contributed by atoms with Crippen LogP contribution < -0.4 is 16.0 Å². The fourth-order valence-corrected chi connectivity index (χ4v) is 2.42. The van der Waals surface area contributed by atoms with Gasteiger partial charge in [0, 0.05) is 31.5 Å². The van der Waals surface area contributed by atoms with Crippen molar-refractivity contribution in [1.29, 1.82) is 0 Å². The molecule has 5 heteroatoms. The first kappa shape index (κ1) is 16.0. The van der Waals surface area contributed by atoms with Crippen molar-refractivity contribution in [1.82, 2.24) is 16.0 Å². The summed E-state index contributed by atoms with van der Waals surface area (Å²) in [6.45, 7) is 2.94. The molecule has 0 aromatic rings. The van der Waals surface area contributed by atoms with Gasteiger partial charge in [-0.05, 0) is 19.9 Å². The van der Waals surface area contributed by atoms with E-state index in [9.17, 15) is 9.59 Å². The van der Waals surface area contributed by atoms with E-state index in [-0.39, 0.29) is 17.7 Å². The lowest BCUT2D eigenvalue weighted by molar-refractivity contribution is -0.124. The van der Waals surface area contributed by atoms with Crippen LogP contribution in [0.2, 0.25) is 0 Å². The summed E-state index contributed by atoms with van der Waals surface area (Å²) >= 11 is 0. The molecule has 0 aromatic heterocycles. The van der Waals surface area contributed by atoms with Gasteiger partial charge < -0.3 is 16.0 Å². The summed E-state index contributed by atoms with van der Waals surface area (Å²) in [6.07, 6.45) is 6.27. The minimum atomic E-state index is -0.0635. The molecule has 3 N–H and O–H groups in total. The lowest BCUT2D eigenvalue weighted by atomic mass is 9.95. The normalized spacial score (nSPS) is 17.8. The summed E-state index contributed by atoms with van der Waals surface area (Å²) in [5, 5.41) is 8.80. The monoisotopic (exact) mass is 269 g/mol. The molecule has 0 radical (unpaired) electrons. The minimum absolute atomic E-state index is 0.000170. The van der Waals surface area contributed by atoms with E-state index < -0.39 is 0 Å². The number of carbonyl (C=O) groups excluding carboxylic acids is 2. The summed E-state index contributed by atoms with van der Waals surface area (Å²) in [7, 11) is 1.82. The van der Waals surface area contributed by atoms with E-state index in [0.717, 1.165) is 12.8 Å². The number of hydrogen-bond donors (Lipinski definition) is 3. The lowest BCUT2D eigenvalue weighted by Crippen LogP contribution is -2.39. The van der Waals surface area contributed by atoms with Gasteiger partial charge in [-0.25, -0.2) is 0 Å². The molecule has 0 spiro atoms. The Hall–Kier alpha value is -1.10. The Morgan fingerprint density at radius 1 is 1.21 bits per heavy atom. The van der Waals surface area contributed by atoms with Crippen LogP contribution in [0.1, 0.15) is 45.4 Å². The molecule has 19 heavy (non-hydrogen) atoms. The Morgan fingerprint density at radius 2 is 1.89 bits per heavy atom. The van der Waals surface area contributed by atoms with Crippen molar-refractivity contribution < 1.29 is 9.59 Å². The van der Waals surface area contributed by atoms with Gasteiger partial charge in [0.25, 0.3) is 0 Å². The predicted molar refractivity (Wildman–Crippen MR) is 75.7 cm³/mol. The molecule has 0 saturated heterocycles. The Bertz CT molecular complexity index is 288. The van der Waals surface area contributed by atoms with Gasteiger partial charge >= 0.3 is 0 Å². The number of amides is 2. The zero-order valence-electron chi connectivity index (χ0n) is 12.1. The van der Waals surface area contributed by atoms with Gasteiger partial charge in [-0.1, -0.05) is 26.2 Å². The molecule has 1 aliphatic rings. The van der Waals surface area contributed by atoms with Crippen LogP contribution in [0.5, 0.6) is 0 Å². The number of nitrogens with one attached hydrogen (secondary N) is 3. The molecule has 1 saturated carbocycles. The Balaban J connectivity index is 2.11. The molecule has 1 rings (SSSR count). The van der Waals surface area contributed by atoms with Crippen LogP contribution in [0.4, 0.5) is 0 Å². The third-order valence-electron chi connectivity index (χ3n) is 3.58. The quantitative estimate of drug-likeness (QED) is 0.640. The lowest BCUT2D eigenvalue weighted by Gasteiger charge is -2.22. The van der Waals surface area contributed by atoms with Crippen LogP contribution in [-0.4, -0.2) is 38.0 Å². The number of rotatable bonds is 7. The molecule has 1 aliphatic carbocycles. The van der Waals surface area contributed by atoms with E-state index in [1.165, 1.54) is 19.3 Å². The van der Waals surface area contributed by atoms with Crippen molar-refractivity contribution in [3.8, 4) is 0 Å². The minimum Gasteiger partial charge on any atom is -0.355 e. The first-order chi connectivity index (χ1) is 9.13. The standard InChI is InChI=1S/C14H27N3O2/c1-11(10-15-2)14(19)16-9-8-13(18)17-12-6-4-3-5-7-12/h11-12,15H,3-10H2,1-2H3,(H,16,19)(H,17,18). The highest BCUT2D eigenvalue weighted by molar-refractivity contribution is 5.80. The first-order valence-electron chi connectivity index (χ1n) is 7.35. The first-order valence-corrected chi connectivity index (χ1v) is 7.35. The van der Waals surface area contributed by atoms with Crippen molar-refractivity contribution in [2.24, 2.45) is 5.92 Å². The highest BCUT2D eigenvalue weighted by Gasteiger charge is 2.16. The van der Waals surface area contributed by atoms with Crippen molar-refractivity contribution >= 4 is 11.8 Å². The summed E-state index contributed by atoms with van der Waals surface area (Å²) in [5.74, 6) is -0.0142. The topological polar surface area (TPSA) is 70.2 Å². The van der Waals surface area contributed by atoms with E-state index in [1.807, 2.05) is 14.0 Å². The van der Waals surface area contributed by atoms with Gasteiger partial charge in [-0.3, -0.25) is 9.59 Å². The molecule has 1 unspecified atom stereocenters. The summed E-state index contributed by atoms with van der Waals surface area (Å²) in [5.41, 5.74) is 0. The average Bonchev–Trinajstić information content (AvgIpc) is 2.40. The van der Waals surface area contributed by atoms with Crippen LogP contribution in [0, 0.1) is 5.92 Å². The van der Waals surface area contributed by atoms with Crippen molar-refractivity contribution in [2.75, 3.05) is 20.1 Å². The maximum Gasteiger partial charge on any atom is 0.224 e. The second-order valence-corrected chi connectivity index (χ2v) is 5.40. The molecule has 1 fully saturated rings. The number of hydrogen-bond acceptors (Lipinski definition) is 3. The zero-order chi connectivity index (χ0) is 14.1. The maximum atomic E-state index is 11.7.